The Morgan fingerprint density at radius 1 is 1.38 bits per heavy atom. The first-order valence-electron chi connectivity index (χ1n) is 4.65. The summed E-state index contributed by atoms with van der Waals surface area (Å²) in [4.78, 5) is 11.2. The van der Waals surface area contributed by atoms with E-state index in [0.29, 0.717) is 16.6 Å². The molecule has 0 aliphatic carbocycles. The van der Waals surface area contributed by atoms with Crippen molar-refractivity contribution >= 4 is 35.2 Å². The van der Waals surface area contributed by atoms with Gasteiger partial charge in [0.05, 0.1) is 10.0 Å². The van der Waals surface area contributed by atoms with Crippen molar-refractivity contribution in [3.63, 3.8) is 0 Å². The molecule has 0 heterocycles. The normalized spacial score (nSPS) is 10.4. The molecule has 0 aromatic heterocycles. The molecule has 0 atom stereocenters. The lowest BCUT2D eigenvalue weighted by Crippen LogP contribution is -2.20. The van der Waals surface area contributed by atoms with Crippen LogP contribution in [0.1, 0.15) is 5.56 Å². The number of carbonyl (C=O) groups is 1. The quantitative estimate of drug-likeness (QED) is 0.649. The van der Waals surface area contributed by atoms with Gasteiger partial charge < -0.3 is 5.32 Å². The molecule has 1 aromatic carbocycles. The van der Waals surface area contributed by atoms with Crippen LogP contribution in [0.2, 0.25) is 10.0 Å². The van der Waals surface area contributed by atoms with Gasteiger partial charge in [0.15, 0.2) is 0 Å². The molecule has 1 rings (SSSR count). The molecule has 0 unspecified atom stereocenters. The molecule has 0 radical (unpaired) electrons. The van der Waals surface area contributed by atoms with Gasteiger partial charge in [-0.2, -0.15) is 0 Å². The lowest BCUT2D eigenvalue weighted by molar-refractivity contribution is -0.116. The first kappa shape index (κ1) is 12.8. The highest BCUT2D eigenvalue weighted by Gasteiger charge is 1.97. The third-order valence-electron chi connectivity index (χ3n) is 1.79. The summed E-state index contributed by atoms with van der Waals surface area (Å²) in [5.41, 5.74) is 0.822. The number of amides is 1. The molecule has 0 saturated carbocycles. The Hall–Kier alpha value is -1.25. The highest BCUT2D eigenvalue weighted by molar-refractivity contribution is 6.42. The van der Waals surface area contributed by atoms with Gasteiger partial charge in [0.25, 0.3) is 0 Å². The van der Waals surface area contributed by atoms with Crippen molar-refractivity contribution in [1.29, 1.82) is 0 Å². The molecular weight excluding hydrogens is 245 g/mol. The van der Waals surface area contributed by atoms with Crippen LogP contribution in [-0.2, 0) is 4.79 Å². The number of hydrogen-bond donors (Lipinski definition) is 1. The van der Waals surface area contributed by atoms with Gasteiger partial charge in [-0.3, -0.25) is 4.79 Å². The molecule has 0 saturated heterocycles. The molecule has 0 spiro atoms. The summed E-state index contributed by atoms with van der Waals surface area (Å²) in [6, 6.07) is 5.16. The second-order valence-corrected chi connectivity index (χ2v) is 3.86. The van der Waals surface area contributed by atoms with Crippen LogP contribution in [0.4, 0.5) is 0 Å². The van der Waals surface area contributed by atoms with Crippen molar-refractivity contribution in [2.24, 2.45) is 0 Å². The predicted molar refractivity (Wildman–Crippen MR) is 68.7 cm³/mol. The minimum Gasteiger partial charge on any atom is -0.349 e. The van der Waals surface area contributed by atoms with Crippen LogP contribution in [0.15, 0.2) is 36.9 Å². The van der Waals surface area contributed by atoms with Gasteiger partial charge in [-0.25, -0.2) is 0 Å². The van der Waals surface area contributed by atoms with Gasteiger partial charge in [0.2, 0.25) is 5.91 Å². The average molecular weight is 256 g/mol. The molecule has 0 aliphatic heterocycles. The van der Waals surface area contributed by atoms with Crippen molar-refractivity contribution in [3.8, 4) is 0 Å². The predicted octanol–water partition coefficient (Wildman–Crippen LogP) is 3.31. The largest absolute Gasteiger partial charge is 0.349 e. The number of hydrogen-bond acceptors (Lipinski definition) is 1. The fourth-order valence-corrected chi connectivity index (χ4v) is 1.33. The van der Waals surface area contributed by atoms with Gasteiger partial charge in [0.1, 0.15) is 0 Å². The first-order chi connectivity index (χ1) is 7.63. The van der Waals surface area contributed by atoms with Crippen LogP contribution in [0.25, 0.3) is 6.08 Å². The topological polar surface area (TPSA) is 29.1 Å². The van der Waals surface area contributed by atoms with Crippen LogP contribution in [0, 0.1) is 0 Å². The Bertz CT molecular complexity index is 427. The number of nitrogens with one attached hydrogen (secondary N) is 1. The molecule has 2 nitrogen and oxygen atoms in total. The summed E-state index contributed by atoms with van der Waals surface area (Å²) in [6.07, 6.45) is 4.72. The summed E-state index contributed by atoms with van der Waals surface area (Å²) in [5, 5.41) is 3.59. The Kier molecular flexibility index (Phi) is 5.09. The lowest BCUT2D eigenvalue weighted by atomic mass is 10.2. The van der Waals surface area contributed by atoms with E-state index in [1.165, 1.54) is 6.08 Å². The van der Waals surface area contributed by atoms with E-state index in [0.717, 1.165) is 5.56 Å². The van der Waals surface area contributed by atoms with Crippen LogP contribution < -0.4 is 5.32 Å². The van der Waals surface area contributed by atoms with Gasteiger partial charge in [-0.1, -0.05) is 35.3 Å². The van der Waals surface area contributed by atoms with Crippen LogP contribution in [0.5, 0.6) is 0 Å². The molecule has 16 heavy (non-hydrogen) atoms. The molecule has 84 valence electrons. The highest BCUT2D eigenvalue weighted by atomic mass is 35.5. The van der Waals surface area contributed by atoms with Crippen LogP contribution in [0.3, 0.4) is 0 Å². The van der Waals surface area contributed by atoms with E-state index in [-0.39, 0.29) is 5.91 Å². The van der Waals surface area contributed by atoms with Crippen molar-refractivity contribution in [2.75, 3.05) is 6.54 Å². The number of halogens is 2. The van der Waals surface area contributed by atoms with E-state index in [1.807, 2.05) is 0 Å². The Morgan fingerprint density at radius 3 is 2.75 bits per heavy atom. The van der Waals surface area contributed by atoms with Crippen molar-refractivity contribution in [3.05, 3.63) is 52.5 Å². The maximum absolute atomic E-state index is 11.2. The number of benzene rings is 1. The van der Waals surface area contributed by atoms with Crippen LogP contribution in [-0.4, -0.2) is 12.5 Å². The third kappa shape index (κ3) is 4.09. The smallest absolute Gasteiger partial charge is 0.244 e. The zero-order valence-corrected chi connectivity index (χ0v) is 10.1. The SMILES string of the molecule is C=CCNC(=O)/C=C/c1ccc(Cl)c(Cl)c1. The van der Waals surface area contributed by atoms with E-state index in [9.17, 15) is 4.79 Å². The molecule has 1 aromatic rings. The summed E-state index contributed by atoms with van der Waals surface area (Å²) in [6.45, 7) is 3.95. The average Bonchev–Trinajstić information content (AvgIpc) is 2.28. The molecule has 0 aliphatic rings. The Morgan fingerprint density at radius 2 is 2.12 bits per heavy atom. The standard InChI is InChI=1S/C12H11Cl2NO/c1-2-7-15-12(16)6-4-9-3-5-10(13)11(14)8-9/h2-6,8H,1,7H2,(H,15,16)/b6-4+. The molecule has 0 bridgehead atoms. The zero-order chi connectivity index (χ0) is 12.0. The molecule has 0 fully saturated rings. The molecular formula is C12H11Cl2NO. The van der Waals surface area contributed by atoms with E-state index >= 15 is 0 Å². The fourth-order valence-electron chi connectivity index (χ4n) is 1.02. The van der Waals surface area contributed by atoms with Crippen molar-refractivity contribution in [1.82, 2.24) is 5.32 Å². The summed E-state index contributed by atoms with van der Waals surface area (Å²) in [7, 11) is 0. The van der Waals surface area contributed by atoms with Gasteiger partial charge in [0, 0.05) is 12.6 Å². The lowest BCUT2D eigenvalue weighted by Gasteiger charge is -1.98. The first-order valence-corrected chi connectivity index (χ1v) is 5.41. The minimum absolute atomic E-state index is 0.175. The monoisotopic (exact) mass is 255 g/mol. The van der Waals surface area contributed by atoms with Gasteiger partial charge in [-0.15, -0.1) is 6.58 Å². The molecule has 1 amide bonds. The minimum atomic E-state index is -0.175. The van der Waals surface area contributed by atoms with E-state index < -0.39 is 0 Å². The Balaban J connectivity index is 2.65. The number of rotatable bonds is 4. The molecule has 4 heteroatoms. The maximum atomic E-state index is 11.2. The zero-order valence-electron chi connectivity index (χ0n) is 8.54. The summed E-state index contributed by atoms with van der Waals surface area (Å²) >= 11 is 11.6. The van der Waals surface area contributed by atoms with E-state index in [2.05, 4.69) is 11.9 Å². The van der Waals surface area contributed by atoms with Crippen molar-refractivity contribution in [2.45, 2.75) is 0 Å². The summed E-state index contributed by atoms with van der Waals surface area (Å²) < 4.78 is 0. The van der Waals surface area contributed by atoms with Gasteiger partial charge in [-0.05, 0) is 23.8 Å². The number of carbonyl (C=O) groups excluding carboxylic acids is 1. The maximum Gasteiger partial charge on any atom is 0.244 e. The van der Waals surface area contributed by atoms with Crippen LogP contribution >= 0.6 is 23.2 Å². The highest BCUT2D eigenvalue weighted by Crippen LogP contribution is 2.22. The second kappa shape index (κ2) is 6.36. The second-order valence-electron chi connectivity index (χ2n) is 3.04. The van der Waals surface area contributed by atoms with E-state index in [4.69, 9.17) is 23.2 Å². The Labute approximate surface area is 105 Å². The molecule has 1 N–H and O–H groups in total. The third-order valence-corrected chi connectivity index (χ3v) is 2.53. The van der Waals surface area contributed by atoms with E-state index in [1.54, 1.807) is 30.4 Å². The van der Waals surface area contributed by atoms with Crippen molar-refractivity contribution < 1.29 is 4.79 Å². The fraction of sp³-hybridized carbons (Fsp3) is 0.0833. The van der Waals surface area contributed by atoms with Gasteiger partial charge >= 0.3 is 0 Å². The summed E-state index contributed by atoms with van der Waals surface area (Å²) in [5.74, 6) is -0.175.